The van der Waals surface area contributed by atoms with Crippen LogP contribution in [0.2, 0.25) is 5.02 Å². The first-order valence-corrected chi connectivity index (χ1v) is 11.6. The summed E-state index contributed by atoms with van der Waals surface area (Å²) < 4.78 is 35.2. The highest BCUT2D eigenvalue weighted by Gasteiger charge is 2.40. The molecule has 4 rings (SSSR count). The summed E-state index contributed by atoms with van der Waals surface area (Å²) in [4.78, 5) is 25.6. The average molecular weight is 505 g/mol. The Bertz CT molecular complexity index is 1240. The van der Waals surface area contributed by atoms with Crippen LogP contribution >= 0.6 is 11.6 Å². The molecular formula is C24H27ClF2N6O2. The number of benzene rings is 1. The number of nitrogens with zero attached hydrogens (tertiary/aromatic N) is 5. The maximum atomic E-state index is 14.5. The molecule has 0 unspecified atom stereocenters. The third kappa shape index (κ3) is 5.07. The molecule has 0 aliphatic carbocycles. The van der Waals surface area contributed by atoms with Gasteiger partial charge in [0.05, 0.1) is 24.3 Å². The minimum atomic E-state index is -1.43. The number of hydrogen-bond acceptors (Lipinski definition) is 6. The highest BCUT2D eigenvalue weighted by Crippen LogP contribution is 2.32. The zero-order chi connectivity index (χ0) is 25.5. The molecule has 11 heteroatoms. The summed E-state index contributed by atoms with van der Waals surface area (Å²) >= 11 is 6.39. The number of rotatable bonds is 6. The summed E-state index contributed by atoms with van der Waals surface area (Å²) in [7, 11) is 0. The number of halogens is 3. The highest BCUT2D eigenvalue weighted by atomic mass is 35.5. The predicted molar refractivity (Wildman–Crippen MR) is 129 cm³/mol. The Kier molecular flexibility index (Phi) is 6.68. The van der Waals surface area contributed by atoms with E-state index < -0.39 is 24.1 Å². The zero-order valence-electron chi connectivity index (χ0n) is 20.1. The van der Waals surface area contributed by atoms with Crippen molar-refractivity contribution in [2.45, 2.75) is 58.3 Å². The summed E-state index contributed by atoms with van der Waals surface area (Å²) in [6, 6.07) is 4.48. The molecule has 3 aromatic rings. The number of hydrogen-bond donors (Lipinski definition) is 1. The molecule has 0 radical (unpaired) electrons. The van der Waals surface area contributed by atoms with Gasteiger partial charge in [-0.3, -0.25) is 0 Å². The Morgan fingerprint density at radius 3 is 2.69 bits per heavy atom. The lowest BCUT2D eigenvalue weighted by molar-refractivity contribution is 0.174. The van der Waals surface area contributed by atoms with Crippen molar-refractivity contribution in [2.24, 2.45) is 0 Å². The van der Waals surface area contributed by atoms with E-state index in [-0.39, 0.29) is 29.8 Å². The standard InChI is InChI=1S/C24H27ClF2N6O2/c1-13(26)20-11-35-23(34)33(20)21-18(27)9-28-22(31-21)30-14(2)19-10-32(12-29-19)15-6-7-17(25)16(8-15)24(3,4)5/h6-10,12-14,20H,11H2,1-5H3,(H,28,30,31)/t13-,14-,20+/m0/s1. The van der Waals surface area contributed by atoms with Crippen LogP contribution < -0.4 is 10.2 Å². The lowest BCUT2D eigenvalue weighted by atomic mass is 9.87. The van der Waals surface area contributed by atoms with Crippen molar-refractivity contribution in [2.75, 3.05) is 16.8 Å². The van der Waals surface area contributed by atoms with Gasteiger partial charge in [0, 0.05) is 16.9 Å². The van der Waals surface area contributed by atoms with Gasteiger partial charge in [-0.05, 0) is 43.0 Å². The summed E-state index contributed by atoms with van der Waals surface area (Å²) in [6.45, 7) is 9.23. The van der Waals surface area contributed by atoms with E-state index in [0.29, 0.717) is 10.7 Å². The van der Waals surface area contributed by atoms with E-state index in [2.05, 4.69) is 41.0 Å². The molecule has 1 aromatic carbocycles. The van der Waals surface area contributed by atoms with E-state index in [1.165, 1.54) is 6.92 Å². The summed E-state index contributed by atoms with van der Waals surface area (Å²) in [5.41, 5.74) is 2.49. The van der Waals surface area contributed by atoms with E-state index >= 15 is 0 Å². The number of aromatic nitrogens is 4. The van der Waals surface area contributed by atoms with E-state index in [9.17, 15) is 13.6 Å². The molecule has 1 aliphatic heterocycles. The number of cyclic esters (lactones) is 1. The Morgan fingerprint density at radius 1 is 1.26 bits per heavy atom. The molecule has 0 bridgehead atoms. The summed E-state index contributed by atoms with van der Waals surface area (Å²) in [5, 5.41) is 3.76. The van der Waals surface area contributed by atoms with Gasteiger partial charge >= 0.3 is 6.09 Å². The van der Waals surface area contributed by atoms with Crippen molar-refractivity contribution in [1.82, 2.24) is 19.5 Å². The van der Waals surface area contributed by atoms with E-state index in [1.54, 1.807) is 6.33 Å². The molecular weight excluding hydrogens is 478 g/mol. The van der Waals surface area contributed by atoms with Gasteiger partial charge < -0.3 is 14.6 Å². The van der Waals surface area contributed by atoms with Crippen LogP contribution in [-0.2, 0) is 10.2 Å². The monoisotopic (exact) mass is 504 g/mol. The van der Waals surface area contributed by atoms with Crippen LogP contribution in [0.5, 0.6) is 0 Å². The molecule has 1 saturated heterocycles. The smallest absolute Gasteiger partial charge is 0.416 e. The van der Waals surface area contributed by atoms with Crippen LogP contribution in [0.1, 0.15) is 51.9 Å². The normalized spacial score (nSPS) is 17.9. The molecule has 1 fully saturated rings. The SMILES string of the molecule is C[C@H](Nc1ncc(F)c(N2C(=O)OC[C@@H]2[C@H](C)F)n1)c1cn(-c2ccc(Cl)c(C(C)(C)C)c2)cn1. The fourth-order valence-electron chi connectivity index (χ4n) is 3.83. The molecule has 1 N–H and O–H groups in total. The largest absolute Gasteiger partial charge is 0.447 e. The van der Waals surface area contributed by atoms with Crippen LogP contribution in [-0.4, -0.2) is 44.4 Å². The number of alkyl halides is 1. The quantitative estimate of drug-likeness (QED) is 0.469. The molecule has 3 heterocycles. The lowest BCUT2D eigenvalue weighted by Gasteiger charge is -2.22. The first kappa shape index (κ1) is 24.8. The molecule has 186 valence electrons. The lowest BCUT2D eigenvalue weighted by Crippen LogP contribution is -2.40. The molecule has 1 amide bonds. The van der Waals surface area contributed by atoms with Crippen molar-refractivity contribution in [1.29, 1.82) is 0 Å². The Hall–Kier alpha value is -3.27. The van der Waals surface area contributed by atoms with Crippen LogP contribution in [0.3, 0.4) is 0 Å². The first-order chi connectivity index (χ1) is 16.5. The number of anilines is 2. The number of amides is 1. The van der Waals surface area contributed by atoms with Gasteiger partial charge in [0.2, 0.25) is 5.95 Å². The Balaban J connectivity index is 1.56. The van der Waals surface area contributed by atoms with Gasteiger partial charge in [-0.2, -0.15) is 4.98 Å². The Labute approximate surface area is 207 Å². The van der Waals surface area contributed by atoms with Gasteiger partial charge in [0.15, 0.2) is 11.6 Å². The number of nitrogens with one attached hydrogen (secondary N) is 1. The summed E-state index contributed by atoms with van der Waals surface area (Å²) in [6.07, 6.45) is 2.20. The highest BCUT2D eigenvalue weighted by molar-refractivity contribution is 6.31. The van der Waals surface area contributed by atoms with Crippen molar-refractivity contribution in [3.8, 4) is 5.69 Å². The molecule has 1 aliphatic rings. The molecule has 3 atom stereocenters. The third-order valence-electron chi connectivity index (χ3n) is 5.84. The molecule has 8 nitrogen and oxygen atoms in total. The Morgan fingerprint density at radius 2 is 2.00 bits per heavy atom. The predicted octanol–water partition coefficient (Wildman–Crippen LogP) is 5.61. The van der Waals surface area contributed by atoms with Crippen LogP contribution in [0.15, 0.2) is 36.9 Å². The molecule has 0 spiro atoms. The third-order valence-corrected chi connectivity index (χ3v) is 6.17. The van der Waals surface area contributed by atoms with Crippen molar-refractivity contribution < 1.29 is 18.3 Å². The summed E-state index contributed by atoms with van der Waals surface area (Å²) in [5.74, 6) is -1.13. The van der Waals surface area contributed by atoms with Gasteiger partial charge in [-0.15, -0.1) is 0 Å². The second-order valence-electron chi connectivity index (χ2n) is 9.54. The second-order valence-corrected chi connectivity index (χ2v) is 9.95. The minimum Gasteiger partial charge on any atom is -0.447 e. The van der Waals surface area contributed by atoms with E-state index in [1.807, 2.05) is 35.9 Å². The second kappa shape index (κ2) is 9.41. The number of imidazole rings is 1. The average Bonchev–Trinajstić information content (AvgIpc) is 3.42. The maximum Gasteiger partial charge on any atom is 0.416 e. The molecule has 35 heavy (non-hydrogen) atoms. The fraction of sp³-hybridized carbons (Fsp3) is 0.417. The zero-order valence-corrected chi connectivity index (χ0v) is 20.8. The van der Waals surface area contributed by atoms with Crippen molar-refractivity contribution in [3.05, 3.63) is 59.0 Å². The van der Waals surface area contributed by atoms with Gasteiger partial charge in [0.1, 0.15) is 18.8 Å². The van der Waals surface area contributed by atoms with Crippen molar-refractivity contribution >= 4 is 29.5 Å². The maximum absolute atomic E-state index is 14.5. The van der Waals surface area contributed by atoms with E-state index in [0.717, 1.165) is 22.3 Å². The number of ether oxygens (including phenoxy) is 1. The van der Waals surface area contributed by atoms with Crippen LogP contribution in [0.4, 0.5) is 25.3 Å². The van der Waals surface area contributed by atoms with Crippen LogP contribution in [0.25, 0.3) is 5.69 Å². The number of carbonyl (C=O) groups is 1. The van der Waals surface area contributed by atoms with Gasteiger partial charge in [-0.1, -0.05) is 32.4 Å². The van der Waals surface area contributed by atoms with E-state index in [4.69, 9.17) is 16.3 Å². The fourth-order valence-corrected chi connectivity index (χ4v) is 4.23. The van der Waals surface area contributed by atoms with Crippen LogP contribution in [0, 0.1) is 5.82 Å². The minimum absolute atomic E-state index is 0.0647. The van der Waals surface area contributed by atoms with Gasteiger partial charge in [-0.25, -0.2) is 28.4 Å². The van der Waals surface area contributed by atoms with Crippen molar-refractivity contribution in [3.63, 3.8) is 0 Å². The number of carbonyl (C=O) groups excluding carboxylic acids is 1. The first-order valence-electron chi connectivity index (χ1n) is 11.2. The molecule has 0 saturated carbocycles. The molecule has 2 aromatic heterocycles. The topological polar surface area (TPSA) is 85.2 Å². The van der Waals surface area contributed by atoms with Gasteiger partial charge in [0.25, 0.3) is 0 Å².